The molecule has 0 heterocycles. The van der Waals surface area contributed by atoms with Gasteiger partial charge in [0.2, 0.25) is 0 Å². The standard InChI is InChI=1S/C28H43NO4Si/c1-22(2)29(27(3,4)5)26(31)32-20-19-23(30)21-33-34(28(6,7)8,24-15-11-9-12-16-24)25-17-13-10-14-18-25/h9-18,22-23,30H,19-21H2,1-8H3/t23-/m1/s1. The number of aliphatic hydroxyl groups excluding tert-OH is 1. The number of rotatable bonds is 9. The number of ether oxygens (including phenoxy) is 1. The third-order valence-electron chi connectivity index (χ3n) is 6.02. The smallest absolute Gasteiger partial charge is 0.410 e. The van der Waals surface area contributed by atoms with Crippen LogP contribution in [0.3, 0.4) is 0 Å². The summed E-state index contributed by atoms with van der Waals surface area (Å²) >= 11 is 0. The topological polar surface area (TPSA) is 59.0 Å². The molecule has 1 N–H and O–H groups in total. The average molecular weight is 486 g/mol. The molecular formula is C28H43NO4Si. The Hall–Kier alpha value is -2.15. The van der Waals surface area contributed by atoms with Crippen LogP contribution in [-0.4, -0.2) is 55.3 Å². The number of hydrogen-bond donors (Lipinski definition) is 1. The molecule has 0 fully saturated rings. The maximum Gasteiger partial charge on any atom is 0.410 e. The fourth-order valence-corrected chi connectivity index (χ4v) is 9.28. The molecule has 1 atom stereocenters. The van der Waals surface area contributed by atoms with E-state index in [1.807, 2.05) is 71.0 Å². The van der Waals surface area contributed by atoms with Gasteiger partial charge in [0.05, 0.1) is 19.3 Å². The average Bonchev–Trinajstić information content (AvgIpc) is 2.73. The van der Waals surface area contributed by atoms with E-state index in [0.717, 1.165) is 0 Å². The summed E-state index contributed by atoms with van der Waals surface area (Å²) in [6, 6.07) is 20.7. The maximum atomic E-state index is 12.6. The number of benzene rings is 2. The Morgan fingerprint density at radius 1 is 0.912 bits per heavy atom. The summed E-state index contributed by atoms with van der Waals surface area (Å²) in [5.74, 6) is 0. The van der Waals surface area contributed by atoms with Crippen LogP contribution in [-0.2, 0) is 9.16 Å². The quantitative estimate of drug-likeness (QED) is 0.510. The van der Waals surface area contributed by atoms with Gasteiger partial charge in [0.25, 0.3) is 8.32 Å². The number of carbonyl (C=O) groups excluding carboxylic acids is 1. The normalized spacial score (nSPS) is 13.6. The molecule has 0 aliphatic rings. The van der Waals surface area contributed by atoms with Crippen LogP contribution in [0.25, 0.3) is 0 Å². The number of hydrogen-bond acceptors (Lipinski definition) is 4. The fourth-order valence-electron chi connectivity index (χ4n) is 4.68. The van der Waals surface area contributed by atoms with Gasteiger partial charge in [0.15, 0.2) is 0 Å². The van der Waals surface area contributed by atoms with Crippen LogP contribution in [0.1, 0.15) is 61.8 Å². The second kappa shape index (κ2) is 11.5. The predicted molar refractivity (Wildman–Crippen MR) is 142 cm³/mol. The molecular weight excluding hydrogens is 442 g/mol. The van der Waals surface area contributed by atoms with Gasteiger partial charge >= 0.3 is 6.09 Å². The summed E-state index contributed by atoms with van der Waals surface area (Å²) in [7, 11) is -2.71. The molecule has 188 valence electrons. The van der Waals surface area contributed by atoms with E-state index in [2.05, 4.69) is 45.0 Å². The van der Waals surface area contributed by atoms with Crippen molar-refractivity contribution in [2.75, 3.05) is 13.2 Å². The highest BCUT2D eigenvalue weighted by atomic mass is 28.4. The molecule has 5 nitrogen and oxygen atoms in total. The van der Waals surface area contributed by atoms with E-state index in [9.17, 15) is 9.90 Å². The van der Waals surface area contributed by atoms with Crippen molar-refractivity contribution in [2.24, 2.45) is 0 Å². The summed E-state index contributed by atoms with van der Waals surface area (Å²) < 4.78 is 12.3. The van der Waals surface area contributed by atoms with Crippen molar-refractivity contribution in [3.8, 4) is 0 Å². The molecule has 0 bridgehead atoms. The van der Waals surface area contributed by atoms with Crippen LogP contribution in [0, 0.1) is 0 Å². The Labute approximate surface area is 207 Å². The Morgan fingerprint density at radius 2 is 1.38 bits per heavy atom. The highest BCUT2D eigenvalue weighted by Gasteiger charge is 2.50. The Bertz CT molecular complexity index is 849. The largest absolute Gasteiger partial charge is 0.449 e. The van der Waals surface area contributed by atoms with Gasteiger partial charge in [-0.3, -0.25) is 0 Å². The lowest BCUT2D eigenvalue weighted by molar-refractivity contribution is 0.0336. The van der Waals surface area contributed by atoms with E-state index in [4.69, 9.17) is 9.16 Å². The summed E-state index contributed by atoms with van der Waals surface area (Å²) in [6.07, 6.45) is -0.779. The summed E-state index contributed by atoms with van der Waals surface area (Å²) in [4.78, 5) is 14.3. The van der Waals surface area contributed by atoms with Crippen molar-refractivity contribution in [2.45, 2.75) is 84.5 Å². The van der Waals surface area contributed by atoms with Gasteiger partial charge in [-0.25, -0.2) is 4.79 Å². The van der Waals surface area contributed by atoms with Gasteiger partial charge in [0, 0.05) is 18.0 Å². The molecule has 2 aromatic rings. The van der Waals surface area contributed by atoms with Crippen molar-refractivity contribution in [1.82, 2.24) is 4.90 Å². The van der Waals surface area contributed by atoms with E-state index in [1.54, 1.807) is 4.90 Å². The lowest BCUT2D eigenvalue weighted by atomic mass is 10.0. The minimum absolute atomic E-state index is 0.0240. The second-order valence-electron chi connectivity index (χ2n) is 11.2. The lowest BCUT2D eigenvalue weighted by Gasteiger charge is -2.43. The van der Waals surface area contributed by atoms with Gasteiger partial charge in [-0.15, -0.1) is 0 Å². The first-order valence-electron chi connectivity index (χ1n) is 12.2. The van der Waals surface area contributed by atoms with Crippen LogP contribution >= 0.6 is 0 Å². The zero-order valence-electron chi connectivity index (χ0n) is 22.2. The number of amides is 1. The highest BCUT2D eigenvalue weighted by molar-refractivity contribution is 6.99. The highest BCUT2D eigenvalue weighted by Crippen LogP contribution is 2.36. The Kier molecular flexibility index (Phi) is 9.51. The maximum absolute atomic E-state index is 12.6. The third kappa shape index (κ3) is 6.71. The van der Waals surface area contributed by atoms with Crippen molar-refractivity contribution in [1.29, 1.82) is 0 Å². The van der Waals surface area contributed by atoms with Crippen molar-refractivity contribution < 1.29 is 19.1 Å². The first-order valence-corrected chi connectivity index (χ1v) is 14.1. The first-order chi connectivity index (χ1) is 15.8. The molecule has 2 rings (SSSR count). The summed E-state index contributed by atoms with van der Waals surface area (Å²) in [5.41, 5.74) is -0.337. The molecule has 0 aliphatic carbocycles. The van der Waals surface area contributed by atoms with Gasteiger partial charge in [-0.2, -0.15) is 0 Å². The molecule has 0 radical (unpaired) electrons. The third-order valence-corrected chi connectivity index (χ3v) is 11.0. The van der Waals surface area contributed by atoms with Crippen molar-refractivity contribution in [3.05, 3.63) is 60.7 Å². The second-order valence-corrected chi connectivity index (χ2v) is 15.5. The van der Waals surface area contributed by atoms with Crippen molar-refractivity contribution >= 4 is 24.8 Å². The molecule has 0 unspecified atom stereocenters. The zero-order chi connectivity index (χ0) is 25.6. The monoisotopic (exact) mass is 485 g/mol. The molecule has 2 aromatic carbocycles. The molecule has 34 heavy (non-hydrogen) atoms. The fraction of sp³-hybridized carbons (Fsp3) is 0.536. The van der Waals surface area contributed by atoms with Gasteiger partial charge in [0.1, 0.15) is 0 Å². The van der Waals surface area contributed by atoms with Crippen LogP contribution in [0.15, 0.2) is 60.7 Å². The van der Waals surface area contributed by atoms with E-state index in [1.165, 1.54) is 10.4 Å². The summed E-state index contributed by atoms with van der Waals surface area (Å²) in [6.45, 7) is 16.9. The number of aliphatic hydroxyl groups is 1. The van der Waals surface area contributed by atoms with Crippen LogP contribution in [0.2, 0.25) is 5.04 Å². The summed E-state index contributed by atoms with van der Waals surface area (Å²) in [5, 5.41) is 13.0. The molecule has 6 heteroatoms. The SMILES string of the molecule is CC(C)N(C(=O)OCC[C@@H](O)CO[Si](c1ccccc1)(c1ccccc1)C(C)(C)C)C(C)(C)C. The van der Waals surface area contributed by atoms with E-state index < -0.39 is 14.4 Å². The minimum atomic E-state index is -2.71. The zero-order valence-corrected chi connectivity index (χ0v) is 23.2. The molecule has 0 saturated carbocycles. The molecule has 0 saturated heterocycles. The van der Waals surface area contributed by atoms with E-state index >= 15 is 0 Å². The van der Waals surface area contributed by atoms with Crippen LogP contribution < -0.4 is 10.4 Å². The molecule has 0 aliphatic heterocycles. The molecule has 0 spiro atoms. The van der Waals surface area contributed by atoms with Gasteiger partial charge in [-0.05, 0) is 50.0 Å². The number of carbonyl (C=O) groups is 1. The minimum Gasteiger partial charge on any atom is -0.449 e. The van der Waals surface area contributed by atoms with E-state index in [-0.39, 0.29) is 35.9 Å². The molecule has 1 amide bonds. The van der Waals surface area contributed by atoms with Crippen LogP contribution in [0.4, 0.5) is 4.79 Å². The lowest BCUT2D eigenvalue weighted by Crippen LogP contribution is -2.67. The van der Waals surface area contributed by atoms with Gasteiger partial charge < -0.3 is 19.2 Å². The van der Waals surface area contributed by atoms with E-state index in [0.29, 0.717) is 6.42 Å². The van der Waals surface area contributed by atoms with Gasteiger partial charge in [-0.1, -0.05) is 81.4 Å². The predicted octanol–water partition coefficient (Wildman–Crippen LogP) is 4.96. The van der Waals surface area contributed by atoms with Crippen molar-refractivity contribution in [3.63, 3.8) is 0 Å². The molecule has 0 aromatic heterocycles. The Morgan fingerprint density at radius 3 is 1.76 bits per heavy atom. The number of nitrogens with zero attached hydrogens (tertiary/aromatic N) is 1. The Balaban J connectivity index is 2.15. The van der Waals surface area contributed by atoms with Crippen LogP contribution in [0.5, 0.6) is 0 Å². The first kappa shape index (κ1) is 28.1.